The third-order valence-corrected chi connectivity index (χ3v) is 5.53. The molecule has 0 radical (unpaired) electrons. The smallest absolute Gasteiger partial charge is 0.230 e. The molecule has 0 fully saturated rings. The zero-order chi connectivity index (χ0) is 15.5. The lowest BCUT2D eigenvalue weighted by Crippen LogP contribution is -2.45. The lowest BCUT2D eigenvalue weighted by molar-refractivity contribution is -0.141. The van der Waals surface area contributed by atoms with E-state index in [1.54, 1.807) is 11.3 Å². The van der Waals surface area contributed by atoms with Gasteiger partial charge in [-0.25, -0.2) is 0 Å². The predicted molar refractivity (Wildman–Crippen MR) is 90.4 cm³/mol. The number of nitrogens with zero attached hydrogens (tertiary/aromatic N) is 1. The third kappa shape index (κ3) is 2.97. The summed E-state index contributed by atoms with van der Waals surface area (Å²) in [5, 5.41) is 3.39. The van der Waals surface area contributed by atoms with E-state index in [9.17, 15) is 4.79 Å². The molecule has 0 atom stereocenters. The number of hydrogen-bond donors (Lipinski definition) is 1. The highest BCUT2D eigenvalue weighted by Crippen LogP contribution is 2.30. The van der Waals surface area contributed by atoms with Gasteiger partial charge in [0.1, 0.15) is 0 Å². The van der Waals surface area contributed by atoms with Gasteiger partial charge in [-0.3, -0.25) is 4.79 Å². The Hall–Kier alpha value is -1.39. The van der Waals surface area contributed by atoms with E-state index in [4.69, 9.17) is 5.73 Å². The first-order valence-electron chi connectivity index (χ1n) is 7.48. The Labute approximate surface area is 130 Å². The summed E-state index contributed by atoms with van der Waals surface area (Å²) in [6.45, 7) is 5.14. The molecule has 0 saturated carbocycles. The molecule has 0 saturated heterocycles. The first kappa shape index (κ1) is 16.0. The van der Waals surface area contributed by atoms with Crippen LogP contribution in [0.5, 0.6) is 0 Å². The fourth-order valence-corrected chi connectivity index (χ4v) is 3.77. The zero-order valence-corrected chi connectivity index (χ0v) is 13.9. The summed E-state index contributed by atoms with van der Waals surface area (Å²) in [5.74, 6) is 0.158. The van der Waals surface area contributed by atoms with Gasteiger partial charge >= 0.3 is 0 Å². The zero-order valence-electron chi connectivity index (χ0n) is 13.1. The highest BCUT2D eigenvalue weighted by atomic mass is 32.1. The second kappa shape index (κ2) is 6.58. The number of thiophene rings is 1. The molecule has 1 aromatic heterocycles. The average Bonchev–Trinajstić information content (AvgIpc) is 2.92. The third-order valence-electron chi connectivity index (χ3n) is 4.51. The van der Waals surface area contributed by atoms with Gasteiger partial charge in [0.25, 0.3) is 0 Å². The molecular formula is C17H24N2OS. The van der Waals surface area contributed by atoms with Crippen LogP contribution in [0.3, 0.4) is 0 Å². The van der Waals surface area contributed by atoms with Gasteiger partial charge in [-0.2, -0.15) is 0 Å². The van der Waals surface area contributed by atoms with Gasteiger partial charge in [-0.1, -0.05) is 32.0 Å². The standard InChI is InChI=1S/C17H24N2OS/c1-4-17(5-2,12-18)16(20)19(3)10-13-11-21-15-9-7-6-8-14(13)15/h6-9,11H,4-5,10,12,18H2,1-3H3. The van der Waals surface area contributed by atoms with Crippen LogP contribution < -0.4 is 5.73 Å². The number of hydrogen-bond acceptors (Lipinski definition) is 3. The first-order valence-corrected chi connectivity index (χ1v) is 8.36. The summed E-state index contributed by atoms with van der Waals surface area (Å²) < 4.78 is 1.27. The van der Waals surface area contributed by atoms with Gasteiger partial charge in [-0.15, -0.1) is 11.3 Å². The Morgan fingerprint density at radius 2 is 1.95 bits per heavy atom. The molecular weight excluding hydrogens is 280 g/mol. The normalized spacial score (nSPS) is 11.8. The molecule has 0 bridgehead atoms. The maximum atomic E-state index is 12.8. The molecule has 21 heavy (non-hydrogen) atoms. The highest BCUT2D eigenvalue weighted by molar-refractivity contribution is 7.17. The Bertz CT molecular complexity index is 608. The molecule has 2 aromatic rings. The van der Waals surface area contributed by atoms with Crippen molar-refractivity contribution in [1.29, 1.82) is 0 Å². The van der Waals surface area contributed by atoms with E-state index in [0.29, 0.717) is 13.1 Å². The van der Waals surface area contributed by atoms with E-state index < -0.39 is 5.41 Å². The highest BCUT2D eigenvalue weighted by Gasteiger charge is 2.35. The molecule has 0 aliphatic heterocycles. The van der Waals surface area contributed by atoms with Gasteiger partial charge in [0.05, 0.1) is 5.41 Å². The van der Waals surface area contributed by atoms with Crippen LogP contribution in [-0.4, -0.2) is 24.4 Å². The van der Waals surface area contributed by atoms with Gasteiger partial charge in [-0.05, 0) is 35.2 Å². The van der Waals surface area contributed by atoms with Crippen LogP contribution in [0.1, 0.15) is 32.3 Å². The summed E-state index contributed by atoms with van der Waals surface area (Å²) in [7, 11) is 1.88. The monoisotopic (exact) mass is 304 g/mol. The van der Waals surface area contributed by atoms with E-state index in [0.717, 1.165) is 12.8 Å². The van der Waals surface area contributed by atoms with E-state index in [-0.39, 0.29) is 5.91 Å². The van der Waals surface area contributed by atoms with Gasteiger partial charge < -0.3 is 10.6 Å². The molecule has 0 spiro atoms. The van der Waals surface area contributed by atoms with Crippen molar-refractivity contribution in [3.05, 3.63) is 35.2 Å². The van der Waals surface area contributed by atoms with E-state index in [1.807, 2.05) is 37.9 Å². The number of fused-ring (bicyclic) bond motifs is 1. The molecule has 2 N–H and O–H groups in total. The summed E-state index contributed by atoms with van der Waals surface area (Å²) in [4.78, 5) is 14.6. The lowest BCUT2D eigenvalue weighted by Gasteiger charge is -2.33. The Kier molecular flexibility index (Phi) is 5.01. The van der Waals surface area contributed by atoms with Crippen molar-refractivity contribution < 1.29 is 4.79 Å². The van der Waals surface area contributed by atoms with Crippen molar-refractivity contribution in [1.82, 2.24) is 4.90 Å². The topological polar surface area (TPSA) is 46.3 Å². The summed E-state index contributed by atoms with van der Waals surface area (Å²) in [6, 6.07) is 8.33. The Morgan fingerprint density at radius 1 is 1.29 bits per heavy atom. The van der Waals surface area contributed by atoms with Crippen LogP contribution in [0, 0.1) is 5.41 Å². The molecule has 4 heteroatoms. The molecule has 3 nitrogen and oxygen atoms in total. The minimum atomic E-state index is -0.416. The van der Waals surface area contributed by atoms with Crippen LogP contribution in [0.25, 0.3) is 10.1 Å². The van der Waals surface area contributed by atoms with Crippen molar-refractivity contribution in [2.24, 2.45) is 11.1 Å². The molecule has 1 heterocycles. The molecule has 0 aliphatic rings. The Balaban J connectivity index is 2.21. The number of amides is 1. The van der Waals surface area contributed by atoms with Crippen molar-refractivity contribution in [3.63, 3.8) is 0 Å². The summed E-state index contributed by atoms with van der Waals surface area (Å²) >= 11 is 1.73. The van der Waals surface area contributed by atoms with Crippen LogP contribution in [0.2, 0.25) is 0 Å². The first-order chi connectivity index (χ1) is 10.1. The maximum absolute atomic E-state index is 12.8. The van der Waals surface area contributed by atoms with Gasteiger partial charge in [0, 0.05) is 24.8 Å². The minimum absolute atomic E-state index is 0.158. The second-order valence-electron chi connectivity index (χ2n) is 5.61. The number of carbonyl (C=O) groups excluding carboxylic acids is 1. The second-order valence-corrected chi connectivity index (χ2v) is 6.52. The number of benzene rings is 1. The van der Waals surface area contributed by atoms with Crippen molar-refractivity contribution >= 4 is 27.3 Å². The van der Waals surface area contributed by atoms with Crippen molar-refractivity contribution in [2.75, 3.05) is 13.6 Å². The van der Waals surface area contributed by atoms with Crippen LogP contribution >= 0.6 is 11.3 Å². The fraction of sp³-hybridized carbons (Fsp3) is 0.471. The Morgan fingerprint density at radius 3 is 2.57 bits per heavy atom. The molecule has 1 amide bonds. The van der Waals surface area contributed by atoms with Crippen molar-refractivity contribution in [3.8, 4) is 0 Å². The van der Waals surface area contributed by atoms with E-state index in [2.05, 4.69) is 17.5 Å². The van der Waals surface area contributed by atoms with Crippen LogP contribution in [-0.2, 0) is 11.3 Å². The van der Waals surface area contributed by atoms with Gasteiger partial charge in [0.15, 0.2) is 0 Å². The lowest BCUT2D eigenvalue weighted by atomic mass is 9.81. The van der Waals surface area contributed by atoms with Gasteiger partial charge in [0.2, 0.25) is 5.91 Å². The quantitative estimate of drug-likeness (QED) is 0.886. The number of rotatable bonds is 6. The molecule has 0 aliphatic carbocycles. The van der Waals surface area contributed by atoms with E-state index in [1.165, 1.54) is 15.6 Å². The summed E-state index contributed by atoms with van der Waals surface area (Å²) in [6.07, 6.45) is 1.57. The van der Waals surface area contributed by atoms with E-state index >= 15 is 0 Å². The molecule has 114 valence electrons. The molecule has 0 unspecified atom stereocenters. The minimum Gasteiger partial charge on any atom is -0.341 e. The molecule has 1 aromatic carbocycles. The SMILES string of the molecule is CCC(CC)(CN)C(=O)N(C)Cc1csc2ccccc12. The van der Waals surface area contributed by atoms with Crippen LogP contribution in [0.4, 0.5) is 0 Å². The summed E-state index contributed by atoms with van der Waals surface area (Å²) in [5.41, 5.74) is 6.68. The average molecular weight is 304 g/mol. The number of nitrogens with two attached hydrogens (primary N) is 1. The van der Waals surface area contributed by atoms with Crippen LogP contribution in [0.15, 0.2) is 29.6 Å². The fourth-order valence-electron chi connectivity index (χ4n) is 2.82. The molecule has 2 rings (SSSR count). The maximum Gasteiger partial charge on any atom is 0.230 e. The largest absolute Gasteiger partial charge is 0.341 e. The van der Waals surface area contributed by atoms with Crippen molar-refractivity contribution in [2.45, 2.75) is 33.2 Å². The number of carbonyl (C=O) groups is 1. The predicted octanol–water partition coefficient (Wildman–Crippen LogP) is 3.62.